The molecule has 18 heavy (non-hydrogen) atoms. The minimum Gasteiger partial charge on any atom is -0.465 e. The molecule has 0 saturated heterocycles. The van der Waals surface area contributed by atoms with E-state index in [1.165, 1.54) is 0 Å². The van der Waals surface area contributed by atoms with Crippen LogP contribution in [0.15, 0.2) is 30.3 Å². The Hall–Kier alpha value is -2.17. The van der Waals surface area contributed by atoms with Gasteiger partial charge in [-0.1, -0.05) is 30.3 Å². The molecule has 0 aliphatic carbocycles. The zero-order chi connectivity index (χ0) is 13.0. The third-order valence-corrected chi connectivity index (χ3v) is 2.58. The lowest BCUT2D eigenvalue weighted by atomic mass is 10.2. The lowest BCUT2D eigenvalue weighted by Gasteiger charge is -2.06. The zero-order valence-corrected chi connectivity index (χ0v) is 10.4. The van der Waals surface area contributed by atoms with Gasteiger partial charge >= 0.3 is 5.97 Å². The van der Waals surface area contributed by atoms with E-state index in [2.05, 4.69) is 15.2 Å². The van der Waals surface area contributed by atoms with Crippen molar-refractivity contribution in [3.8, 4) is 11.4 Å². The highest BCUT2D eigenvalue weighted by molar-refractivity contribution is 5.76. The summed E-state index contributed by atoms with van der Waals surface area (Å²) in [5.41, 5.74) is 0.913. The number of nitrogens with zero attached hydrogens (tertiary/aromatic N) is 2. The van der Waals surface area contributed by atoms with Crippen LogP contribution in [0.25, 0.3) is 11.4 Å². The molecule has 1 aromatic carbocycles. The normalized spacial score (nSPS) is 12.1. The van der Waals surface area contributed by atoms with Crippen LogP contribution in [-0.4, -0.2) is 27.8 Å². The minimum atomic E-state index is -0.435. The highest BCUT2D eigenvalue weighted by atomic mass is 16.5. The van der Waals surface area contributed by atoms with Crippen LogP contribution in [0.1, 0.15) is 25.6 Å². The first kappa shape index (κ1) is 12.3. The van der Waals surface area contributed by atoms with Gasteiger partial charge in [-0.25, -0.2) is 4.98 Å². The van der Waals surface area contributed by atoms with E-state index in [9.17, 15) is 4.79 Å². The molecule has 0 aliphatic rings. The van der Waals surface area contributed by atoms with Crippen LogP contribution in [0.2, 0.25) is 0 Å². The third-order valence-electron chi connectivity index (χ3n) is 2.58. The van der Waals surface area contributed by atoms with Gasteiger partial charge in [-0.15, -0.1) is 0 Å². The number of carbonyl (C=O) groups is 1. The minimum absolute atomic E-state index is 0.298. The molecule has 5 heteroatoms. The second kappa shape index (κ2) is 5.44. The topological polar surface area (TPSA) is 67.9 Å². The number of aromatic amines is 1. The van der Waals surface area contributed by atoms with Gasteiger partial charge in [-0.05, 0) is 13.8 Å². The van der Waals surface area contributed by atoms with Crippen LogP contribution < -0.4 is 0 Å². The largest absolute Gasteiger partial charge is 0.465 e. The van der Waals surface area contributed by atoms with Gasteiger partial charge in [0.1, 0.15) is 11.7 Å². The number of ether oxygens (including phenoxy) is 1. The standard InChI is InChI=1S/C13H15N3O2/c1-3-18-13(17)9(2)11-14-12(16-15-11)10-7-5-4-6-8-10/h4-9H,3H2,1-2H3,(H,14,15,16). The molecule has 1 heterocycles. The van der Waals surface area contributed by atoms with Crippen LogP contribution >= 0.6 is 0 Å². The lowest BCUT2D eigenvalue weighted by Crippen LogP contribution is -2.14. The summed E-state index contributed by atoms with van der Waals surface area (Å²) in [7, 11) is 0. The summed E-state index contributed by atoms with van der Waals surface area (Å²) in [6, 6.07) is 9.60. The number of esters is 1. The zero-order valence-electron chi connectivity index (χ0n) is 10.4. The molecule has 0 saturated carbocycles. The molecule has 0 bridgehead atoms. The molecule has 94 valence electrons. The molecule has 2 rings (SSSR count). The van der Waals surface area contributed by atoms with Crippen molar-refractivity contribution in [1.29, 1.82) is 0 Å². The molecule has 1 unspecified atom stereocenters. The van der Waals surface area contributed by atoms with E-state index in [1.807, 2.05) is 30.3 Å². The smallest absolute Gasteiger partial charge is 0.316 e. The SMILES string of the molecule is CCOC(=O)C(C)c1nc(-c2ccccc2)n[nH]1. The molecule has 2 aromatic rings. The summed E-state index contributed by atoms with van der Waals surface area (Å²) < 4.78 is 4.95. The van der Waals surface area contributed by atoms with Crippen molar-refractivity contribution < 1.29 is 9.53 Å². The maximum Gasteiger partial charge on any atom is 0.316 e. The second-order valence-electron chi connectivity index (χ2n) is 3.88. The fourth-order valence-corrected chi connectivity index (χ4v) is 1.56. The Morgan fingerprint density at radius 3 is 2.78 bits per heavy atom. The van der Waals surface area contributed by atoms with Crippen molar-refractivity contribution in [3.05, 3.63) is 36.2 Å². The Bertz CT molecular complexity index is 522. The van der Waals surface area contributed by atoms with Crippen LogP contribution in [0.3, 0.4) is 0 Å². The average Bonchev–Trinajstić information content (AvgIpc) is 2.89. The summed E-state index contributed by atoms with van der Waals surface area (Å²) in [5, 5.41) is 6.89. The first-order chi connectivity index (χ1) is 8.72. The molecule has 5 nitrogen and oxygen atoms in total. The molecule has 0 spiro atoms. The molecule has 1 N–H and O–H groups in total. The van der Waals surface area contributed by atoms with Crippen molar-refractivity contribution in [2.45, 2.75) is 19.8 Å². The Balaban J connectivity index is 2.18. The number of nitrogens with one attached hydrogen (secondary N) is 1. The van der Waals surface area contributed by atoms with Crippen LogP contribution in [0.4, 0.5) is 0 Å². The van der Waals surface area contributed by atoms with Gasteiger partial charge in [0.15, 0.2) is 5.82 Å². The molecular weight excluding hydrogens is 230 g/mol. The number of hydrogen-bond donors (Lipinski definition) is 1. The Labute approximate surface area is 105 Å². The van der Waals surface area contributed by atoms with Gasteiger partial charge < -0.3 is 4.74 Å². The first-order valence-electron chi connectivity index (χ1n) is 5.86. The molecule has 0 fully saturated rings. The highest BCUT2D eigenvalue weighted by Crippen LogP contribution is 2.18. The van der Waals surface area contributed by atoms with E-state index >= 15 is 0 Å². The molecule has 1 atom stereocenters. The summed E-state index contributed by atoms with van der Waals surface area (Å²) in [4.78, 5) is 15.9. The maximum atomic E-state index is 11.6. The molecule has 0 amide bonds. The Morgan fingerprint density at radius 1 is 1.39 bits per heavy atom. The summed E-state index contributed by atoms with van der Waals surface area (Å²) in [5.74, 6) is 0.372. The molecular formula is C13H15N3O2. The summed E-state index contributed by atoms with van der Waals surface area (Å²) in [6.07, 6.45) is 0. The average molecular weight is 245 g/mol. The van der Waals surface area contributed by atoms with Crippen LogP contribution in [-0.2, 0) is 9.53 Å². The van der Waals surface area contributed by atoms with Gasteiger partial charge in [-0.3, -0.25) is 9.89 Å². The highest BCUT2D eigenvalue weighted by Gasteiger charge is 2.20. The third kappa shape index (κ3) is 2.56. The van der Waals surface area contributed by atoms with E-state index in [1.54, 1.807) is 13.8 Å². The Kier molecular flexibility index (Phi) is 3.72. The van der Waals surface area contributed by atoms with Gasteiger partial charge in [0.05, 0.1) is 6.61 Å². The monoisotopic (exact) mass is 245 g/mol. The van der Waals surface area contributed by atoms with Crippen molar-refractivity contribution in [2.24, 2.45) is 0 Å². The van der Waals surface area contributed by atoms with Crippen molar-refractivity contribution >= 4 is 5.97 Å². The number of benzene rings is 1. The fraction of sp³-hybridized carbons (Fsp3) is 0.308. The van der Waals surface area contributed by atoms with E-state index in [0.717, 1.165) is 5.56 Å². The number of aromatic nitrogens is 3. The maximum absolute atomic E-state index is 11.6. The fourth-order valence-electron chi connectivity index (χ4n) is 1.56. The molecule has 0 aliphatic heterocycles. The van der Waals surface area contributed by atoms with Crippen LogP contribution in [0, 0.1) is 0 Å². The van der Waals surface area contributed by atoms with E-state index in [4.69, 9.17) is 4.74 Å². The second-order valence-corrected chi connectivity index (χ2v) is 3.88. The number of hydrogen-bond acceptors (Lipinski definition) is 4. The first-order valence-corrected chi connectivity index (χ1v) is 5.86. The number of rotatable bonds is 4. The van der Waals surface area contributed by atoms with Crippen molar-refractivity contribution in [1.82, 2.24) is 15.2 Å². The quantitative estimate of drug-likeness (QED) is 0.838. The van der Waals surface area contributed by atoms with Gasteiger partial charge in [0, 0.05) is 5.56 Å². The van der Waals surface area contributed by atoms with Gasteiger partial charge in [0.2, 0.25) is 0 Å². The van der Waals surface area contributed by atoms with Gasteiger partial charge in [-0.2, -0.15) is 5.10 Å². The van der Waals surface area contributed by atoms with Crippen LogP contribution in [0.5, 0.6) is 0 Å². The molecule has 1 aromatic heterocycles. The number of H-pyrrole nitrogens is 1. The Morgan fingerprint density at radius 2 is 2.11 bits per heavy atom. The lowest BCUT2D eigenvalue weighted by molar-refractivity contribution is -0.144. The van der Waals surface area contributed by atoms with E-state index < -0.39 is 5.92 Å². The van der Waals surface area contributed by atoms with E-state index in [-0.39, 0.29) is 5.97 Å². The number of carbonyl (C=O) groups excluding carboxylic acids is 1. The summed E-state index contributed by atoms with van der Waals surface area (Å²) >= 11 is 0. The van der Waals surface area contributed by atoms with Crippen molar-refractivity contribution in [2.75, 3.05) is 6.61 Å². The molecule has 0 radical (unpaired) electrons. The van der Waals surface area contributed by atoms with E-state index in [0.29, 0.717) is 18.3 Å². The van der Waals surface area contributed by atoms with Crippen molar-refractivity contribution in [3.63, 3.8) is 0 Å². The van der Waals surface area contributed by atoms with Gasteiger partial charge in [0.25, 0.3) is 0 Å². The summed E-state index contributed by atoms with van der Waals surface area (Å²) in [6.45, 7) is 3.89. The predicted octanol–water partition coefficient (Wildman–Crippen LogP) is 2.14. The predicted molar refractivity (Wildman–Crippen MR) is 66.9 cm³/mol.